The average Bonchev–Trinajstić information content (AvgIpc) is 2.81. The van der Waals surface area contributed by atoms with E-state index in [1.54, 1.807) is 11.6 Å². The van der Waals surface area contributed by atoms with E-state index in [9.17, 15) is 10.1 Å². The zero-order valence-corrected chi connectivity index (χ0v) is 12.4. The molecule has 0 amide bonds. The van der Waals surface area contributed by atoms with Gasteiger partial charge in [0.15, 0.2) is 0 Å². The molecular weight excluding hydrogens is 270 g/mol. The standard InChI is InChI=1S/C14H19N5O2/c1-17(2)12(11-7-5-4-6-8-11)9-15-13-14(19(20)21)16-10-18(13)3/h4-8,10,12,15H,9H2,1-3H3. The average molecular weight is 289 g/mol. The molecule has 1 N–H and O–H groups in total. The predicted molar refractivity (Wildman–Crippen MR) is 81.2 cm³/mol. The molecule has 0 radical (unpaired) electrons. The molecule has 2 aromatic rings. The highest BCUT2D eigenvalue weighted by Crippen LogP contribution is 2.24. The molecule has 0 aliphatic rings. The maximum absolute atomic E-state index is 11.0. The Kier molecular flexibility index (Phi) is 4.54. The van der Waals surface area contributed by atoms with Gasteiger partial charge in [0.05, 0.1) is 6.04 Å². The number of hydrogen-bond donors (Lipinski definition) is 1. The van der Waals surface area contributed by atoms with E-state index in [1.165, 1.54) is 6.33 Å². The number of rotatable bonds is 6. The summed E-state index contributed by atoms with van der Waals surface area (Å²) in [5.41, 5.74) is 1.15. The van der Waals surface area contributed by atoms with Crippen molar-refractivity contribution in [1.29, 1.82) is 0 Å². The van der Waals surface area contributed by atoms with Gasteiger partial charge in [0.2, 0.25) is 12.1 Å². The molecule has 0 spiro atoms. The Hall–Kier alpha value is -2.41. The van der Waals surface area contributed by atoms with E-state index in [0.717, 1.165) is 5.56 Å². The van der Waals surface area contributed by atoms with E-state index >= 15 is 0 Å². The summed E-state index contributed by atoms with van der Waals surface area (Å²) in [5, 5.41) is 14.1. The molecule has 0 aliphatic heterocycles. The molecule has 7 nitrogen and oxygen atoms in total. The molecular formula is C14H19N5O2. The van der Waals surface area contributed by atoms with Gasteiger partial charge in [-0.1, -0.05) is 30.3 Å². The fraction of sp³-hybridized carbons (Fsp3) is 0.357. The number of aromatic nitrogens is 2. The number of nitrogens with zero attached hydrogens (tertiary/aromatic N) is 4. The lowest BCUT2D eigenvalue weighted by Crippen LogP contribution is -2.27. The number of nitro groups is 1. The molecule has 1 unspecified atom stereocenters. The Balaban J connectivity index is 2.17. The van der Waals surface area contributed by atoms with Crippen LogP contribution in [0.1, 0.15) is 11.6 Å². The van der Waals surface area contributed by atoms with Crippen LogP contribution in [0.4, 0.5) is 11.6 Å². The van der Waals surface area contributed by atoms with Crippen molar-refractivity contribution >= 4 is 11.6 Å². The van der Waals surface area contributed by atoms with Crippen molar-refractivity contribution in [3.05, 3.63) is 52.3 Å². The van der Waals surface area contributed by atoms with Gasteiger partial charge >= 0.3 is 5.82 Å². The van der Waals surface area contributed by atoms with Crippen LogP contribution in [-0.4, -0.2) is 40.0 Å². The van der Waals surface area contributed by atoms with Crippen molar-refractivity contribution in [3.8, 4) is 0 Å². The van der Waals surface area contributed by atoms with Crippen molar-refractivity contribution in [2.24, 2.45) is 7.05 Å². The molecule has 0 saturated carbocycles. The second kappa shape index (κ2) is 6.36. The summed E-state index contributed by atoms with van der Waals surface area (Å²) >= 11 is 0. The lowest BCUT2D eigenvalue weighted by molar-refractivity contribution is -0.388. The molecule has 21 heavy (non-hydrogen) atoms. The Bertz CT molecular complexity index is 609. The number of likely N-dealkylation sites (N-methyl/N-ethyl adjacent to an activating group) is 1. The fourth-order valence-electron chi connectivity index (χ4n) is 2.22. The number of benzene rings is 1. The van der Waals surface area contributed by atoms with Crippen LogP contribution >= 0.6 is 0 Å². The van der Waals surface area contributed by atoms with Gasteiger partial charge in [0, 0.05) is 13.6 Å². The first-order valence-electron chi connectivity index (χ1n) is 6.61. The molecule has 2 rings (SSSR count). The molecule has 0 fully saturated rings. The normalized spacial score (nSPS) is 12.4. The number of aryl methyl sites for hydroxylation is 1. The third-order valence-electron chi connectivity index (χ3n) is 3.36. The summed E-state index contributed by atoms with van der Waals surface area (Å²) in [6.45, 7) is 0.553. The maximum atomic E-state index is 11.0. The Morgan fingerprint density at radius 1 is 1.38 bits per heavy atom. The molecule has 0 bridgehead atoms. The Labute approximate surface area is 123 Å². The van der Waals surface area contributed by atoms with E-state index in [-0.39, 0.29) is 11.9 Å². The van der Waals surface area contributed by atoms with Gasteiger partial charge in [0.25, 0.3) is 0 Å². The molecule has 1 atom stereocenters. The van der Waals surface area contributed by atoms with Crippen LogP contribution in [0, 0.1) is 10.1 Å². The molecule has 0 aliphatic carbocycles. The zero-order chi connectivity index (χ0) is 15.4. The largest absolute Gasteiger partial charge is 0.406 e. The van der Waals surface area contributed by atoms with Crippen LogP contribution in [0.5, 0.6) is 0 Å². The Morgan fingerprint density at radius 2 is 2.05 bits per heavy atom. The van der Waals surface area contributed by atoms with Gasteiger partial charge in [-0.05, 0) is 29.6 Å². The van der Waals surface area contributed by atoms with Crippen molar-refractivity contribution in [3.63, 3.8) is 0 Å². The van der Waals surface area contributed by atoms with E-state index in [0.29, 0.717) is 12.4 Å². The van der Waals surface area contributed by atoms with Gasteiger partial charge in [-0.3, -0.25) is 4.57 Å². The van der Waals surface area contributed by atoms with Crippen molar-refractivity contribution in [2.75, 3.05) is 26.0 Å². The summed E-state index contributed by atoms with van der Waals surface area (Å²) in [5.74, 6) is 0.269. The molecule has 0 saturated heterocycles. The van der Waals surface area contributed by atoms with Gasteiger partial charge in [-0.25, -0.2) is 0 Å². The van der Waals surface area contributed by atoms with Gasteiger partial charge in [-0.2, -0.15) is 0 Å². The maximum Gasteiger partial charge on any atom is 0.406 e. The highest BCUT2D eigenvalue weighted by atomic mass is 16.6. The first-order chi connectivity index (χ1) is 10.0. The summed E-state index contributed by atoms with van der Waals surface area (Å²) < 4.78 is 1.62. The highest BCUT2D eigenvalue weighted by Gasteiger charge is 2.22. The molecule has 1 heterocycles. The summed E-state index contributed by atoms with van der Waals surface area (Å²) in [6, 6.07) is 10.1. The quantitative estimate of drug-likeness (QED) is 0.650. The van der Waals surface area contributed by atoms with Crippen LogP contribution in [0.15, 0.2) is 36.7 Å². The first kappa shape index (κ1) is 15.0. The van der Waals surface area contributed by atoms with Crippen LogP contribution < -0.4 is 5.32 Å². The van der Waals surface area contributed by atoms with Gasteiger partial charge < -0.3 is 20.3 Å². The van der Waals surface area contributed by atoms with Crippen molar-refractivity contribution in [2.45, 2.75) is 6.04 Å². The lowest BCUT2D eigenvalue weighted by Gasteiger charge is -2.25. The van der Waals surface area contributed by atoms with Crippen LogP contribution in [0.2, 0.25) is 0 Å². The minimum Gasteiger partial charge on any atom is -0.362 e. The highest BCUT2D eigenvalue weighted by molar-refractivity contribution is 5.52. The number of imidazole rings is 1. The van der Waals surface area contributed by atoms with E-state index in [4.69, 9.17) is 0 Å². The third-order valence-corrected chi connectivity index (χ3v) is 3.36. The molecule has 1 aromatic heterocycles. The van der Waals surface area contributed by atoms with Crippen molar-refractivity contribution in [1.82, 2.24) is 14.5 Å². The second-order valence-corrected chi connectivity index (χ2v) is 5.06. The Morgan fingerprint density at radius 3 is 2.62 bits per heavy atom. The number of hydrogen-bond acceptors (Lipinski definition) is 5. The van der Waals surface area contributed by atoms with Crippen molar-refractivity contribution < 1.29 is 4.92 Å². The topological polar surface area (TPSA) is 76.2 Å². The number of nitrogens with one attached hydrogen (secondary N) is 1. The number of anilines is 1. The lowest BCUT2D eigenvalue weighted by atomic mass is 10.1. The first-order valence-corrected chi connectivity index (χ1v) is 6.61. The summed E-state index contributed by atoms with van der Waals surface area (Å²) in [7, 11) is 5.70. The van der Waals surface area contributed by atoms with E-state index in [2.05, 4.69) is 15.2 Å². The third kappa shape index (κ3) is 3.38. The molecule has 1 aromatic carbocycles. The van der Waals surface area contributed by atoms with Gasteiger partial charge in [-0.15, -0.1) is 0 Å². The van der Waals surface area contributed by atoms with Gasteiger partial charge in [0.1, 0.15) is 0 Å². The predicted octanol–water partition coefficient (Wildman–Crippen LogP) is 2.04. The molecule has 112 valence electrons. The van der Waals surface area contributed by atoms with Crippen LogP contribution in [-0.2, 0) is 7.05 Å². The van der Waals surface area contributed by atoms with Crippen LogP contribution in [0.3, 0.4) is 0 Å². The second-order valence-electron chi connectivity index (χ2n) is 5.06. The summed E-state index contributed by atoms with van der Waals surface area (Å²) in [4.78, 5) is 16.4. The van der Waals surface area contributed by atoms with E-state index < -0.39 is 4.92 Å². The van der Waals surface area contributed by atoms with Crippen LogP contribution in [0.25, 0.3) is 0 Å². The zero-order valence-electron chi connectivity index (χ0n) is 12.4. The minimum atomic E-state index is -0.477. The smallest absolute Gasteiger partial charge is 0.362 e. The molecule has 7 heteroatoms. The minimum absolute atomic E-state index is 0.112. The fourth-order valence-corrected chi connectivity index (χ4v) is 2.22. The SMILES string of the molecule is CN(C)C(CNc1c([N+](=O)[O-])ncn1C)c1ccccc1. The summed E-state index contributed by atoms with van der Waals surface area (Å²) in [6.07, 6.45) is 1.44. The monoisotopic (exact) mass is 289 g/mol. The van der Waals surface area contributed by atoms with E-state index in [1.807, 2.05) is 44.4 Å².